The summed E-state index contributed by atoms with van der Waals surface area (Å²) in [4.78, 5) is 33.2. The van der Waals surface area contributed by atoms with E-state index in [0.717, 1.165) is 37.1 Å². The predicted molar refractivity (Wildman–Crippen MR) is 162 cm³/mol. The van der Waals surface area contributed by atoms with Gasteiger partial charge in [-0.3, -0.25) is 19.6 Å². The molecule has 2 rings (SSSR count). The average molecular weight is 598 g/mol. The van der Waals surface area contributed by atoms with Crippen LogP contribution >= 0.6 is 23.2 Å². The lowest BCUT2D eigenvalue weighted by Crippen LogP contribution is -2.26. The van der Waals surface area contributed by atoms with E-state index in [2.05, 4.69) is 30.6 Å². The summed E-state index contributed by atoms with van der Waals surface area (Å²) in [6, 6.07) is 14.1. The predicted octanol–water partition coefficient (Wildman–Crippen LogP) is 2.74. The van der Waals surface area contributed by atoms with Gasteiger partial charge in [0.1, 0.15) is 0 Å². The standard InChI is InChI=1S/C22H30Cl2N10.2CH2O2/c23-15-5-9-17(10-6-15)31-21(27)33-19(25)29-13-3-1-2-4-14-30-20(26)34-22(28)32-18-11-7-16(24)8-12-18;2*2-1-3/h5-12H,1-4,13-14H2,(H5,25,27,29,31,33)(H5,26,28,30,32,34);2*1H,(H,2,3). The molecule has 0 bridgehead atoms. The van der Waals surface area contributed by atoms with Crippen molar-refractivity contribution in [3.8, 4) is 0 Å². The van der Waals surface area contributed by atoms with E-state index in [9.17, 15) is 0 Å². The van der Waals surface area contributed by atoms with Crippen molar-refractivity contribution in [2.75, 3.05) is 23.7 Å². The van der Waals surface area contributed by atoms with Crippen LogP contribution in [-0.4, -0.2) is 60.1 Å². The summed E-state index contributed by atoms with van der Waals surface area (Å²) < 4.78 is 0. The summed E-state index contributed by atoms with van der Waals surface area (Å²) in [6.07, 6.45) is 3.68. The number of unbranched alkanes of at least 4 members (excludes halogenated alkanes) is 3. The number of aliphatic imine (C=N–C) groups is 4. The molecule has 0 fully saturated rings. The van der Waals surface area contributed by atoms with Crippen molar-refractivity contribution in [2.45, 2.75) is 25.7 Å². The number of guanidine groups is 4. The molecule has 0 amide bonds. The topological polar surface area (TPSA) is 252 Å². The van der Waals surface area contributed by atoms with Gasteiger partial charge in [0.25, 0.3) is 12.9 Å². The van der Waals surface area contributed by atoms with E-state index in [1.54, 1.807) is 48.5 Å². The number of hydrogen-bond acceptors (Lipinski definition) is 4. The molecule has 12 N–H and O–H groups in total. The lowest BCUT2D eigenvalue weighted by Gasteiger charge is -2.05. The number of carbonyl (C=O) groups is 2. The SMILES string of the molecule is NC(=NCCCCCCN=C(N)/N=C(\N)Nc1ccc(Cl)cc1)/N=C(\N)Nc1ccc(Cl)cc1.O=CO.O=CO. The third-order valence-corrected chi connectivity index (χ3v) is 4.82. The molecule has 40 heavy (non-hydrogen) atoms. The van der Waals surface area contributed by atoms with Gasteiger partial charge in [0.2, 0.25) is 23.8 Å². The molecule has 0 aliphatic carbocycles. The third kappa shape index (κ3) is 19.5. The Morgan fingerprint density at radius 1 is 0.650 bits per heavy atom. The van der Waals surface area contributed by atoms with E-state index in [-0.39, 0.29) is 36.8 Å². The van der Waals surface area contributed by atoms with E-state index in [4.69, 9.17) is 65.9 Å². The lowest BCUT2D eigenvalue weighted by atomic mass is 10.2. The maximum Gasteiger partial charge on any atom is 0.290 e. The quantitative estimate of drug-likeness (QED) is 0.0907. The van der Waals surface area contributed by atoms with Gasteiger partial charge in [-0.15, -0.1) is 0 Å². The smallest absolute Gasteiger partial charge is 0.290 e. The zero-order valence-corrected chi connectivity index (χ0v) is 23.1. The molecule has 0 spiro atoms. The van der Waals surface area contributed by atoms with Crippen molar-refractivity contribution in [2.24, 2.45) is 42.9 Å². The lowest BCUT2D eigenvalue weighted by molar-refractivity contribution is -0.123. The van der Waals surface area contributed by atoms with E-state index < -0.39 is 0 Å². The first-order valence-corrected chi connectivity index (χ1v) is 12.4. The highest BCUT2D eigenvalue weighted by Crippen LogP contribution is 2.13. The van der Waals surface area contributed by atoms with Gasteiger partial charge in [0, 0.05) is 34.5 Å². The number of carboxylic acid groups (broad SMARTS) is 2. The normalized spacial score (nSPS) is 11.8. The van der Waals surface area contributed by atoms with Crippen molar-refractivity contribution in [3.63, 3.8) is 0 Å². The largest absolute Gasteiger partial charge is 0.483 e. The van der Waals surface area contributed by atoms with Gasteiger partial charge >= 0.3 is 0 Å². The number of nitrogens with zero attached hydrogens (tertiary/aromatic N) is 4. The fraction of sp³-hybridized carbons (Fsp3) is 0.250. The van der Waals surface area contributed by atoms with Gasteiger partial charge in [0.05, 0.1) is 0 Å². The van der Waals surface area contributed by atoms with Gasteiger partial charge in [-0.2, -0.15) is 9.98 Å². The average Bonchev–Trinajstić information content (AvgIpc) is 2.89. The molecule has 0 saturated heterocycles. The first kappa shape index (κ1) is 35.4. The van der Waals surface area contributed by atoms with Gasteiger partial charge in [-0.1, -0.05) is 36.0 Å². The molecule has 0 radical (unpaired) electrons. The highest BCUT2D eigenvalue weighted by molar-refractivity contribution is 6.31. The minimum Gasteiger partial charge on any atom is -0.483 e. The van der Waals surface area contributed by atoms with Crippen molar-refractivity contribution in [1.82, 2.24) is 0 Å². The Labute approximate surface area is 241 Å². The van der Waals surface area contributed by atoms with Crippen molar-refractivity contribution in [1.29, 1.82) is 0 Å². The maximum atomic E-state index is 8.36. The number of nitrogens with one attached hydrogen (secondary N) is 2. The van der Waals surface area contributed by atoms with Crippen molar-refractivity contribution >= 4 is 71.4 Å². The molecule has 0 aromatic heterocycles. The summed E-state index contributed by atoms with van der Waals surface area (Å²) in [7, 11) is 0. The summed E-state index contributed by atoms with van der Waals surface area (Å²) in [6.45, 7) is 0.623. The number of nitrogens with two attached hydrogens (primary N) is 4. The Bertz CT molecular complexity index is 1040. The van der Waals surface area contributed by atoms with Crippen LogP contribution in [0.3, 0.4) is 0 Å². The molecule has 0 saturated carbocycles. The van der Waals surface area contributed by atoms with Crippen LogP contribution in [0.25, 0.3) is 0 Å². The molecule has 0 aliphatic heterocycles. The Morgan fingerprint density at radius 3 is 1.25 bits per heavy atom. The number of hydrogen-bond donors (Lipinski definition) is 8. The van der Waals surface area contributed by atoms with Crippen LogP contribution in [0.5, 0.6) is 0 Å². The van der Waals surface area contributed by atoms with Crippen LogP contribution in [0.1, 0.15) is 25.7 Å². The molecule has 16 heteroatoms. The molecule has 2 aromatic rings. The molecule has 2 aromatic carbocycles. The van der Waals surface area contributed by atoms with Crippen LogP contribution in [0.2, 0.25) is 10.0 Å². The van der Waals surface area contributed by atoms with Crippen LogP contribution < -0.4 is 33.6 Å². The van der Waals surface area contributed by atoms with Gasteiger partial charge in [-0.05, 0) is 61.4 Å². The second-order valence-corrected chi connectivity index (χ2v) is 8.24. The minimum absolute atomic E-state index is 0.124. The maximum absolute atomic E-state index is 8.36. The summed E-state index contributed by atoms with van der Waals surface area (Å²) in [5, 5.41) is 20.9. The number of anilines is 2. The fourth-order valence-corrected chi connectivity index (χ4v) is 2.95. The highest BCUT2D eigenvalue weighted by Gasteiger charge is 1.99. The minimum atomic E-state index is -0.250. The van der Waals surface area contributed by atoms with E-state index in [1.807, 2.05) is 0 Å². The Hall–Kier alpha value is -4.56. The van der Waals surface area contributed by atoms with E-state index in [1.165, 1.54) is 0 Å². The number of rotatable bonds is 9. The first-order valence-electron chi connectivity index (χ1n) is 11.6. The van der Waals surface area contributed by atoms with Crippen LogP contribution in [0, 0.1) is 0 Å². The monoisotopic (exact) mass is 596 g/mol. The van der Waals surface area contributed by atoms with Crippen molar-refractivity contribution < 1.29 is 19.8 Å². The molecule has 0 aliphatic rings. The van der Waals surface area contributed by atoms with Gasteiger partial charge in [0.15, 0.2) is 0 Å². The van der Waals surface area contributed by atoms with Crippen LogP contribution in [0.15, 0.2) is 68.5 Å². The Kier molecular flexibility index (Phi) is 19.9. The second-order valence-electron chi connectivity index (χ2n) is 7.36. The molecule has 14 nitrogen and oxygen atoms in total. The van der Waals surface area contributed by atoms with Crippen LogP contribution in [-0.2, 0) is 9.59 Å². The molecular weight excluding hydrogens is 563 g/mol. The Balaban J connectivity index is 0.00000232. The van der Waals surface area contributed by atoms with E-state index >= 15 is 0 Å². The zero-order valence-electron chi connectivity index (χ0n) is 21.6. The molecule has 0 atom stereocenters. The van der Waals surface area contributed by atoms with Gasteiger partial charge in [-0.25, -0.2) is 0 Å². The number of benzene rings is 2. The van der Waals surface area contributed by atoms with Crippen LogP contribution in [0.4, 0.5) is 11.4 Å². The second kappa shape index (κ2) is 22.4. The summed E-state index contributed by atoms with van der Waals surface area (Å²) in [5.74, 6) is 0.564. The summed E-state index contributed by atoms with van der Waals surface area (Å²) >= 11 is 11.7. The van der Waals surface area contributed by atoms with E-state index in [0.29, 0.717) is 23.1 Å². The zero-order chi connectivity index (χ0) is 30.2. The Morgan fingerprint density at radius 2 is 0.950 bits per heavy atom. The summed E-state index contributed by atoms with van der Waals surface area (Å²) in [5.41, 5.74) is 24.8. The molecular formula is C24H34Cl2N10O4. The third-order valence-electron chi connectivity index (χ3n) is 4.32. The highest BCUT2D eigenvalue weighted by atomic mass is 35.5. The molecule has 0 unspecified atom stereocenters. The van der Waals surface area contributed by atoms with Crippen molar-refractivity contribution in [3.05, 3.63) is 58.6 Å². The van der Waals surface area contributed by atoms with Gasteiger partial charge < -0.3 is 43.8 Å². The number of halogens is 2. The molecule has 0 heterocycles. The first-order chi connectivity index (χ1) is 19.1. The molecule has 218 valence electrons. The fourth-order valence-electron chi connectivity index (χ4n) is 2.70.